The third-order valence-corrected chi connectivity index (χ3v) is 4.39. The Morgan fingerprint density at radius 1 is 1.15 bits per heavy atom. The summed E-state index contributed by atoms with van der Waals surface area (Å²) in [6.07, 6.45) is -0.105. The molecule has 5 heteroatoms. The van der Waals surface area contributed by atoms with Crippen molar-refractivity contribution in [3.63, 3.8) is 0 Å². The second-order valence-corrected chi connectivity index (χ2v) is 7.22. The summed E-state index contributed by atoms with van der Waals surface area (Å²) in [5, 5.41) is 3.24. The Kier molecular flexibility index (Phi) is 4.38. The van der Waals surface area contributed by atoms with Crippen molar-refractivity contribution >= 4 is 21.6 Å². The summed E-state index contributed by atoms with van der Waals surface area (Å²) in [4.78, 5) is 0. The minimum atomic E-state index is -4.31. The number of alkyl halides is 3. The van der Waals surface area contributed by atoms with Crippen molar-refractivity contribution < 1.29 is 13.2 Å². The van der Waals surface area contributed by atoms with E-state index in [1.807, 2.05) is 0 Å². The van der Waals surface area contributed by atoms with Crippen LogP contribution < -0.4 is 5.32 Å². The number of rotatable bonds is 2. The molecule has 1 fully saturated rings. The first kappa shape index (κ1) is 15.7. The van der Waals surface area contributed by atoms with Crippen LogP contribution in [0.4, 0.5) is 18.9 Å². The zero-order valence-electron chi connectivity index (χ0n) is 11.6. The van der Waals surface area contributed by atoms with Crippen molar-refractivity contribution in [1.82, 2.24) is 0 Å². The van der Waals surface area contributed by atoms with Crippen molar-refractivity contribution in [2.75, 3.05) is 5.32 Å². The van der Waals surface area contributed by atoms with E-state index < -0.39 is 11.7 Å². The third-order valence-electron chi connectivity index (χ3n) is 3.94. The topological polar surface area (TPSA) is 12.0 Å². The number of nitrogens with one attached hydrogen (secondary N) is 1. The molecule has 0 amide bonds. The van der Waals surface area contributed by atoms with Crippen LogP contribution in [0.15, 0.2) is 22.7 Å². The molecule has 0 aromatic heterocycles. The monoisotopic (exact) mass is 349 g/mol. The highest BCUT2D eigenvalue weighted by Crippen LogP contribution is 2.37. The van der Waals surface area contributed by atoms with E-state index in [9.17, 15) is 13.2 Å². The molecular formula is C15H19BrF3N. The Bertz CT molecular complexity index is 472. The molecule has 0 radical (unpaired) electrons. The van der Waals surface area contributed by atoms with Crippen molar-refractivity contribution in [3.05, 3.63) is 28.2 Å². The summed E-state index contributed by atoms with van der Waals surface area (Å²) in [5.41, 5.74) is 0.272. The van der Waals surface area contributed by atoms with Crippen LogP contribution in [0.5, 0.6) is 0 Å². The Morgan fingerprint density at radius 3 is 2.30 bits per heavy atom. The first-order valence-electron chi connectivity index (χ1n) is 6.80. The zero-order chi connectivity index (χ0) is 15.0. The van der Waals surface area contributed by atoms with E-state index in [1.54, 1.807) is 6.07 Å². The van der Waals surface area contributed by atoms with Gasteiger partial charge in [-0.15, -0.1) is 0 Å². The number of anilines is 1. The van der Waals surface area contributed by atoms with Gasteiger partial charge in [0.2, 0.25) is 0 Å². The highest BCUT2D eigenvalue weighted by atomic mass is 79.9. The van der Waals surface area contributed by atoms with Gasteiger partial charge < -0.3 is 5.32 Å². The standard InChI is InChI=1S/C15H19BrF3N/c1-14(2)5-3-12(4-6-14)20-13-8-10(15(17,18)19)7-11(16)9-13/h7-9,12,20H,3-6H2,1-2H3. The van der Waals surface area contributed by atoms with Crippen LogP contribution in [0.25, 0.3) is 0 Å². The second-order valence-electron chi connectivity index (χ2n) is 6.31. The van der Waals surface area contributed by atoms with Crippen LogP contribution in [0.1, 0.15) is 45.1 Å². The van der Waals surface area contributed by atoms with Crippen LogP contribution in [0.3, 0.4) is 0 Å². The quantitative estimate of drug-likeness (QED) is 0.706. The van der Waals surface area contributed by atoms with Crippen LogP contribution in [0, 0.1) is 5.41 Å². The molecule has 0 saturated heterocycles. The zero-order valence-corrected chi connectivity index (χ0v) is 13.2. The summed E-state index contributed by atoms with van der Waals surface area (Å²) < 4.78 is 38.8. The summed E-state index contributed by atoms with van der Waals surface area (Å²) in [6.45, 7) is 4.48. The molecule has 0 bridgehead atoms. The van der Waals surface area contributed by atoms with E-state index in [2.05, 4.69) is 35.1 Å². The highest BCUT2D eigenvalue weighted by Gasteiger charge is 2.32. The van der Waals surface area contributed by atoms with E-state index in [-0.39, 0.29) is 6.04 Å². The molecule has 1 aliphatic rings. The molecule has 1 aliphatic carbocycles. The van der Waals surface area contributed by atoms with Gasteiger partial charge in [0.25, 0.3) is 0 Å². The van der Waals surface area contributed by atoms with Crippen molar-refractivity contribution in [1.29, 1.82) is 0 Å². The van der Waals surface area contributed by atoms with E-state index in [0.29, 0.717) is 15.6 Å². The van der Waals surface area contributed by atoms with Crippen molar-refractivity contribution in [3.8, 4) is 0 Å². The van der Waals surface area contributed by atoms with Crippen molar-refractivity contribution in [2.24, 2.45) is 5.41 Å². The lowest BCUT2D eigenvalue weighted by Crippen LogP contribution is -2.29. The maximum Gasteiger partial charge on any atom is 0.416 e. The molecule has 2 rings (SSSR count). The van der Waals surface area contributed by atoms with Crippen LogP contribution in [0.2, 0.25) is 0 Å². The van der Waals surface area contributed by atoms with Crippen molar-refractivity contribution in [2.45, 2.75) is 51.7 Å². The van der Waals surface area contributed by atoms with Gasteiger partial charge in [-0.2, -0.15) is 13.2 Å². The fraction of sp³-hybridized carbons (Fsp3) is 0.600. The molecule has 1 aromatic carbocycles. The van der Waals surface area contributed by atoms with Crippen LogP contribution >= 0.6 is 15.9 Å². The van der Waals surface area contributed by atoms with Gasteiger partial charge in [-0.05, 0) is 49.3 Å². The minimum absolute atomic E-state index is 0.262. The van der Waals surface area contributed by atoms with Crippen LogP contribution in [-0.4, -0.2) is 6.04 Å². The molecule has 20 heavy (non-hydrogen) atoms. The maximum absolute atomic E-state index is 12.8. The van der Waals surface area contributed by atoms with E-state index >= 15 is 0 Å². The lowest BCUT2D eigenvalue weighted by molar-refractivity contribution is -0.137. The third kappa shape index (κ3) is 4.14. The number of hydrogen-bond acceptors (Lipinski definition) is 1. The summed E-state index contributed by atoms with van der Waals surface area (Å²) in [5.74, 6) is 0. The Morgan fingerprint density at radius 2 is 1.75 bits per heavy atom. The van der Waals surface area contributed by atoms with Gasteiger partial charge in [-0.1, -0.05) is 29.8 Å². The maximum atomic E-state index is 12.8. The van der Waals surface area contributed by atoms with Gasteiger partial charge in [-0.3, -0.25) is 0 Å². The molecule has 0 aliphatic heterocycles. The number of hydrogen-bond donors (Lipinski definition) is 1. The van der Waals surface area contributed by atoms with Gasteiger partial charge in [0, 0.05) is 16.2 Å². The lowest BCUT2D eigenvalue weighted by Gasteiger charge is -2.35. The molecule has 1 aromatic rings. The highest BCUT2D eigenvalue weighted by molar-refractivity contribution is 9.10. The predicted molar refractivity (Wildman–Crippen MR) is 78.8 cm³/mol. The van der Waals surface area contributed by atoms with Gasteiger partial charge in [-0.25, -0.2) is 0 Å². The van der Waals surface area contributed by atoms with Gasteiger partial charge in [0.15, 0.2) is 0 Å². The average molecular weight is 350 g/mol. The molecule has 0 spiro atoms. The Balaban J connectivity index is 2.09. The van der Waals surface area contributed by atoms with E-state index in [4.69, 9.17) is 0 Å². The summed E-state index contributed by atoms with van der Waals surface area (Å²) in [6, 6.07) is 4.26. The molecule has 0 atom stereocenters. The lowest BCUT2D eigenvalue weighted by atomic mass is 9.75. The predicted octanol–water partition coefficient (Wildman–Crippen LogP) is 5.85. The van der Waals surface area contributed by atoms with E-state index in [0.717, 1.165) is 31.7 Å². The average Bonchev–Trinajstić information content (AvgIpc) is 2.30. The van der Waals surface area contributed by atoms with Gasteiger partial charge in [0.1, 0.15) is 0 Å². The molecule has 1 nitrogen and oxygen atoms in total. The van der Waals surface area contributed by atoms with Crippen LogP contribution in [-0.2, 0) is 6.18 Å². The molecular weight excluding hydrogens is 331 g/mol. The molecule has 1 N–H and O–H groups in total. The molecule has 0 unspecified atom stereocenters. The fourth-order valence-electron chi connectivity index (χ4n) is 2.62. The molecule has 1 saturated carbocycles. The second kappa shape index (κ2) is 5.58. The largest absolute Gasteiger partial charge is 0.416 e. The molecule has 0 heterocycles. The van der Waals surface area contributed by atoms with Gasteiger partial charge in [0.05, 0.1) is 5.56 Å². The Hall–Kier alpha value is -0.710. The molecule has 112 valence electrons. The van der Waals surface area contributed by atoms with E-state index in [1.165, 1.54) is 6.07 Å². The van der Waals surface area contributed by atoms with Gasteiger partial charge >= 0.3 is 6.18 Å². The smallest absolute Gasteiger partial charge is 0.382 e. The number of benzene rings is 1. The summed E-state index contributed by atoms with van der Waals surface area (Å²) >= 11 is 3.15. The number of halogens is 4. The Labute approximate surface area is 126 Å². The minimum Gasteiger partial charge on any atom is -0.382 e. The first-order valence-corrected chi connectivity index (χ1v) is 7.59. The SMILES string of the molecule is CC1(C)CCC(Nc2cc(Br)cc(C(F)(F)F)c2)CC1. The normalized spacial score (nSPS) is 19.9. The first-order chi connectivity index (χ1) is 9.16. The fourth-order valence-corrected chi connectivity index (χ4v) is 3.11. The summed E-state index contributed by atoms with van der Waals surface area (Å²) in [7, 11) is 0.